The summed E-state index contributed by atoms with van der Waals surface area (Å²) in [4.78, 5) is 25.5. The van der Waals surface area contributed by atoms with Crippen molar-refractivity contribution in [2.75, 3.05) is 22.6 Å². The molecule has 0 spiro atoms. The molecule has 0 aromatic heterocycles. The molecule has 4 aromatic carbocycles. The van der Waals surface area contributed by atoms with E-state index in [0.29, 0.717) is 22.7 Å². The van der Waals surface area contributed by atoms with Crippen LogP contribution in [0.4, 0.5) is 22.7 Å². The highest BCUT2D eigenvalue weighted by atomic mass is 16.5. The van der Waals surface area contributed by atoms with E-state index in [1.807, 2.05) is 86.6 Å². The third kappa shape index (κ3) is 6.48. The minimum absolute atomic E-state index is 0.157. The number of aryl methyl sites for hydroxylation is 2. The van der Waals surface area contributed by atoms with Crippen molar-refractivity contribution in [3.63, 3.8) is 0 Å². The van der Waals surface area contributed by atoms with Crippen LogP contribution in [0.2, 0.25) is 0 Å². The maximum absolute atomic E-state index is 12.9. The maximum atomic E-state index is 12.9. The molecule has 4 rings (SSSR count). The van der Waals surface area contributed by atoms with Crippen molar-refractivity contribution in [3.05, 3.63) is 114 Å². The van der Waals surface area contributed by atoms with E-state index in [9.17, 15) is 9.59 Å². The minimum Gasteiger partial charge on any atom is -0.483 e. The largest absolute Gasteiger partial charge is 0.483 e. The Balaban J connectivity index is 1.37. The first-order valence-corrected chi connectivity index (χ1v) is 11.3. The average molecular weight is 466 g/mol. The van der Waals surface area contributed by atoms with Crippen LogP contribution in [-0.4, -0.2) is 18.4 Å². The van der Waals surface area contributed by atoms with Crippen LogP contribution in [0.1, 0.15) is 21.5 Å². The van der Waals surface area contributed by atoms with Gasteiger partial charge in [0, 0.05) is 17.1 Å². The highest BCUT2D eigenvalue weighted by Gasteiger charge is 2.14. The molecule has 0 heterocycles. The number of hydrogen-bond acceptors (Lipinski definition) is 4. The highest BCUT2D eigenvalue weighted by molar-refractivity contribution is 6.10. The molecule has 6 heteroatoms. The summed E-state index contributed by atoms with van der Waals surface area (Å²) in [6.07, 6.45) is 0. The number of rotatable bonds is 8. The second-order valence-electron chi connectivity index (χ2n) is 8.17. The van der Waals surface area contributed by atoms with Crippen LogP contribution >= 0.6 is 0 Å². The fourth-order valence-electron chi connectivity index (χ4n) is 3.51. The topological polar surface area (TPSA) is 79.5 Å². The third-order valence-corrected chi connectivity index (χ3v) is 5.35. The smallest absolute Gasteiger partial charge is 0.262 e. The van der Waals surface area contributed by atoms with Crippen LogP contribution in [0.25, 0.3) is 0 Å². The SMILES string of the molecule is Cc1ccc(C)c(OCC(=O)Nc2ccccc2C(=O)Nc2ccc(Nc3ccccc3)cc2)c1. The molecule has 6 nitrogen and oxygen atoms in total. The zero-order valence-corrected chi connectivity index (χ0v) is 19.7. The van der Waals surface area contributed by atoms with Gasteiger partial charge < -0.3 is 20.7 Å². The number of amides is 2. The summed E-state index contributed by atoms with van der Waals surface area (Å²) in [7, 11) is 0. The van der Waals surface area contributed by atoms with E-state index in [2.05, 4.69) is 16.0 Å². The predicted molar refractivity (Wildman–Crippen MR) is 141 cm³/mol. The van der Waals surface area contributed by atoms with E-state index in [1.54, 1.807) is 24.3 Å². The van der Waals surface area contributed by atoms with Gasteiger partial charge in [-0.3, -0.25) is 9.59 Å². The third-order valence-electron chi connectivity index (χ3n) is 5.35. The van der Waals surface area contributed by atoms with Gasteiger partial charge in [0.25, 0.3) is 11.8 Å². The first-order chi connectivity index (χ1) is 17.0. The number of anilines is 4. The maximum Gasteiger partial charge on any atom is 0.262 e. The minimum atomic E-state index is -0.345. The molecular formula is C29H27N3O3. The molecule has 0 aliphatic rings. The number of carbonyl (C=O) groups excluding carboxylic acids is 2. The van der Waals surface area contributed by atoms with E-state index < -0.39 is 0 Å². The average Bonchev–Trinajstić information content (AvgIpc) is 2.87. The van der Waals surface area contributed by atoms with E-state index in [-0.39, 0.29) is 18.4 Å². The lowest BCUT2D eigenvalue weighted by Crippen LogP contribution is -2.23. The fourth-order valence-corrected chi connectivity index (χ4v) is 3.51. The van der Waals surface area contributed by atoms with Crippen LogP contribution < -0.4 is 20.7 Å². The summed E-state index contributed by atoms with van der Waals surface area (Å²) in [6.45, 7) is 3.74. The van der Waals surface area contributed by atoms with Gasteiger partial charge in [-0.1, -0.05) is 42.5 Å². The van der Waals surface area contributed by atoms with Gasteiger partial charge in [-0.2, -0.15) is 0 Å². The summed E-state index contributed by atoms with van der Waals surface area (Å²) < 4.78 is 5.68. The highest BCUT2D eigenvalue weighted by Crippen LogP contribution is 2.22. The van der Waals surface area contributed by atoms with Gasteiger partial charge in [-0.05, 0) is 79.6 Å². The van der Waals surface area contributed by atoms with Crippen molar-refractivity contribution < 1.29 is 14.3 Å². The molecule has 0 aliphatic carbocycles. The molecule has 0 fully saturated rings. The molecule has 0 bridgehead atoms. The van der Waals surface area contributed by atoms with Crippen molar-refractivity contribution >= 4 is 34.6 Å². The number of ether oxygens (including phenoxy) is 1. The first kappa shape index (κ1) is 23.6. The molecule has 0 atom stereocenters. The molecule has 0 radical (unpaired) electrons. The van der Waals surface area contributed by atoms with E-state index in [4.69, 9.17) is 4.74 Å². The summed E-state index contributed by atoms with van der Waals surface area (Å²) >= 11 is 0. The molecule has 0 saturated heterocycles. The van der Waals surface area contributed by atoms with Gasteiger partial charge >= 0.3 is 0 Å². The molecule has 35 heavy (non-hydrogen) atoms. The standard InChI is InChI=1S/C29H27N3O3/c1-20-12-13-21(2)27(18-20)35-19-28(33)32-26-11-7-6-10-25(26)29(34)31-24-16-14-23(15-17-24)30-22-8-4-3-5-9-22/h3-18,30H,19H2,1-2H3,(H,31,34)(H,32,33). The van der Waals surface area contributed by atoms with Crippen molar-refractivity contribution in [1.29, 1.82) is 0 Å². The van der Waals surface area contributed by atoms with Crippen molar-refractivity contribution in [1.82, 2.24) is 0 Å². The Kier molecular flexibility index (Phi) is 7.43. The van der Waals surface area contributed by atoms with Crippen LogP contribution in [0.3, 0.4) is 0 Å². The second-order valence-corrected chi connectivity index (χ2v) is 8.17. The van der Waals surface area contributed by atoms with Crippen molar-refractivity contribution in [2.45, 2.75) is 13.8 Å². The van der Waals surface area contributed by atoms with E-state index >= 15 is 0 Å². The molecule has 176 valence electrons. The zero-order chi connectivity index (χ0) is 24.6. The summed E-state index contributed by atoms with van der Waals surface area (Å²) in [5.41, 5.74) is 5.32. The lowest BCUT2D eigenvalue weighted by Gasteiger charge is -2.13. The summed E-state index contributed by atoms with van der Waals surface area (Å²) in [6, 6.07) is 30.0. The Labute approximate surface area is 205 Å². The first-order valence-electron chi connectivity index (χ1n) is 11.3. The zero-order valence-electron chi connectivity index (χ0n) is 19.7. The van der Waals surface area contributed by atoms with Gasteiger partial charge in [0.05, 0.1) is 11.3 Å². The molecule has 0 saturated carbocycles. The number of hydrogen-bond donors (Lipinski definition) is 3. The second kappa shape index (κ2) is 11.0. The lowest BCUT2D eigenvalue weighted by molar-refractivity contribution is -0.118. The molecule has 4 aromatic rings. The van der Waals surface area contributed by atoms with Crippen LogP contribution in [0.15, 0.2) is 97.1 Å². The van der Waals surface area contributed by atoms with Crippen LogP contribution in [-0.2, 0) is 4.79 Å². The molecule has 3 N–H and O–H groups in total. The Morgan fingerprint density at radius 2 is 1.37 bits per heavy atom. The monoisotopic (exact) mass is 465 g/mol. The predicted octanol–water partition coefficient (Wildman–Crippen LogP) is 6.32. The fraction of sp³-hybridized carbons (Fsp3) is 0.103. The van der Waals surface area contributed by atoms with Crippen LogP contribution in [0.5, 0.6) is 5.75 Å². The molecule has 0 unspecified atom stereocenters. The number of para-hydroxylation sites is 2. The van der Waals surface area contributed by atoms with Gasteiger partial charge in [-0.25, -0.2) is 0 Å². The Hall–Kier alpha value is -4.58. The van der Waals surface area contributed by atoms with Crippen molar-refractivity contribution in [3.8, 4) is 5.75 Å². The van der Waals surface area contributed by atoms with Gasteiger partial charge in [0.15, 0.2) is 6.61 Å². The lowest BCUT2D eigenvalue weighted by atomic mass is 10.1. The van der Waals surface area contributed by atoms with Gasteiger partial charge in [-0.15, -0.1) is 0 Å². The van der Waals surface area contributed by atoms with Gasteiger partial charge in [0.2, 0.25) is 0 Å². The summed E-state index contributed by atoms with van der Waals surface area (Å²) in [5.74, 6) is -0.000935. The molecular weight excluding hydrogens is 438 g/mol. The number of benzene rings is 4. The van der Waals surface area contributed by atoms with E-state index in [0.717, 1.165) is 22.5 Å². The normalized spacial score (nSPS) is 10.3. The molecule has 2 amide bonds. The Morgan fingerprint density at radius 1 is 0.714 bits per heavy atom. The Morgan fingerprint density at radius 3 is 2.14 bits per heavy atom. The van der Waals surface area contributed by atoms with Crippen molar-refractivity contribution in [2.24, 2.45) is 0 Å². The Bertz CT molecular complexity index is 1320. The van der Waals surface area contributed by atoms with E-state index in [1.165, 1.54) is 0 Å². The summed E-state index contributed by atoms with van der Waals surface area (Å²) in [5, 5.41) is 8.97. The van der Waals surface area contributed by atoms with Crippen LogP contribution in [0, 0.1) is 13.8 Å². The van der Waals surface area contributed by atoms with Gasteiger partial charge in [0.1, 0.15) is 5.75 Å². The number of carbonyl (C=O) groups is 2. The number of nitrogens with one attached hydrogen (secondary N) is 3. The quantitative estimate of drug-likeness (QED) is 0.285. The molecule has 0 aliphatic heterocycles.